The van der Waals surface area contributed by atoms with Gasteiger partial charge in [0.15, 0.2) is 11.2 Å². The average Bonchev–Trinajstić information content (AvgIpc) is 3.16. The molecule has 0 spiro atoms. The van der Waals surface area contributed by atoms with Crippen molar-refractivity contribution in [2.45, 2.75) is 18.9 Å². The Kier molecular flexibility index (Phi) is 3.42. The molecule has 2 aromatic carbocycles. The topological polar surface area (TPSA) is 104 Å². The molecule has 0 radical (unpaired) electrons. The normalized spacial score (nSPS) is 22.5. The molecular weight excluding hydrogens is 360 g/mol. The van der Waals surface area contributed by atoms with Gasteiger partial charge in [0.25, 0.3) is 5.91 Å². The van der Waals surface area contributed by atoms with Gasteiger partial charge in [-0.2, -0.15) is 5.23 Å². The second-order valence-corrected chi connectivity index (χ2v) is 7.24. The molecule has 8 nitrogen and oxygen atoms in total. The lowest BCUT2D eigenvalue weighted by atomic mass is 9.87. The van der Waals surface area contributed by atoms with Crippen LogP contribution in [0.4, 0.5) is 16.2 Å². The molecule has 28 heavy (non-hydrogen) atoms. The number of nitrogens with one attached hydrogen (secondary N) is 2. The van der Waals surface area contributed by atoms with Gasteiger partial charge in [0.05, 0.1) is 5.69 Å². The second kappa shape index (κ2) is 5.65. The number of hydrogen-bond donors (Lipinski definition) is 3. The highest BCUT2D eigenvalue weighted by molar-refractivity contribution is 6.24. The number of carbonyl (C=O) groups excluding carboxylic acids is 2. The van der Waals surface area contributed by atoms with E-state index in [2.05, 4.69) is 4.98 Å². The third kappa shape index (κ3) is 1.99. The van der Waals surface area contributed by atoms with Gasteiger partial charge in [-0.3, -0.25) is 4.79 Å². The van der Waals surface area contributed by atoms with Crippen LogP contribution in [0.1, 0.15) is 18.2 Å². The van der Waals surface area contributed by atoms with Crippen molar-refractivity contribution in [3.05, 3.63) is 65.0 Å². The number of urea groups is 1. The van der Waals surface area contributed by atoms with Crippen molar-refractivity contribution in [3.63, 3.8) is 0 Å². The summed E-state index contributed by atoms with van der Waals surface area (Å²) in [7, 11) is 0. The minimum absolute atomic E-state index is 0.0792. The van der Waals surface area contributed by atoms with Crippen LogP contribution in [0.3, 0.4) is 0 Å². The summed E-state index contributed by atoms with van der Waals surface area (Å²) in [4.78, 5) is 32.6. The number of aromatic nitrogens is 1. The fourth-order valence-electron chi connectivity index (χ4n) is 4.45. The van der Waals surface area contributed by atoms with Gasteiger partial charge in [-0.05, 0) is 31.0 Å². The smallest absolute Gasteiger partial charge is 0.332 e. The zero-order chi connectivity index (χ0) is 19.6. The number of rotatable bonds is 2. The van der Waals surface area contributed by atoms with Crippen molar-refractivity contribution in [1.82, 2.24) is 9.88 Å². The van der Waals surface area contributed by atoms with Gasteiger partial charge in [0.2, 0.25) is 0 Å². The van der Waals surface area contributed by atoms with Crippen LogP contribution in [0.15, 0.2) is 48.5 Å². The molecular formula is C20H18N4O4. The summed E-state index contributed by atoms with van der Waals surface area (Å²) in [5.41, 5.74) is 1.47. The van der Waals surface area contributed by atoms with Crippen molar-refractivity contribution >= 4 is 34.2 Å². The average molecular weight is 378 g/mol. The molecule has 0 aliphatic carbocycles. The fraction of sp³-hybridized carbons (Fsp3) is 0.200. The van der Waals surface area contributed by atoms with Gasteiger partial charge in [0, 0.05) is 23.5 Å². The number of imide groups is 1. The summed E-state index contributed by atoms with van der Waals surface area (Å²) in [6, 6.07) is 13.4. The third-order valence-electron chi connectivity index (χ3n) is 5.84. The maximum Gasteiger partial charge on any atom is 0.332 e. The van der Waals surface area contributed by atoms with E-state index in [1.807, 2.05) is 24.3 Å². The van der Waals surface area contributed by atoms with Crippen LogP contribution in [0.2, 0.25) is 0 Å². The van der Waals surface area contributed by atoms with Crippen LogP contribution in [-0.4, -0.2) is 33.6 Å². The molecule has 2 aliphatic rings. The van der Waals surface area contributed by atoms with Crippen LogP contribution in [0, 0.1) is 5.21 Å². The Morgan fingerprint density at radius 2 is 1.86 bits per heavy atom. The van der Waals surface area contributed by atoms with Crippen molar-refractivity contribution < 1.29 is 20.0 Å². The van der Waals surface area contributed by atoms with E-state index in [1.165, 1.54) is 17.0 Å². The SMILES string of the molecule is C[C@]12C(=O)N(c3ccccc3[NH+]([O-])O)C(=O)N1CCc1c2[nH]c2ccccc12. The molecule has 8 heteroatoms. The molecule has 0 bridgehead atoms. The van der Waals surface area contributed by atoms with Crippen molar-refractivity contribution in [2.75, 3.05) is 11.4 Å². The maximum absolute atomic E-state index is 13.5. The molecule has 2 aliphatic heterocycles. The van der Waals surface area contributed by atoms with Crippen molar-refractivity contribution in [2.24, 2.45) is 0 Å². The van der Waals surface area contributed by atoms with Gasteiger partial charge >= 0.3 is 6.03 Å². The van der Waals surface area contributed by atoms with E-state index in [4.69, 9.17) is 0 Å². The Balaban J connectivity index is 1.70. The summed E-state index contributed by atoms with van der Waals surface area (Å²) in [6.45, 7) is 2.12. The molecule has 5 rings (SSSR count). The predicted octanol–water partition coefficient (Wildman–Crippen LogP) is 1.81. The highest BCUT2D eigenvalue weighted by Gasteiger charge is 2.59. The molecule has 2 atom stereocenters. The third-order valence-corrected chi connectivity index (χ3v) is 5.84. The van der Waals surface area contributed by atoms with Gasteiger partial charge in [-0.15, -0.1) is 0 Å². The van der Waals surface area contributed by atoms with Crippen molar-refractivity contribution in [1.29, 1.82) is 0 Å². The maximum atomic E-state index is 13.5. The molecule has 0 saturated carbocycles. The van der Waals surface area contributed by atoms with E-state index in [0.29, 0.717) is 18.7 Å². The summed E-state index contributed by atoms with van der Waals surface area (Å²) >= 11 is 0. The molecule has 3 aromatic rings. The van der Waals surface area contributed by atoms with Gasteiger partial charge < -0.3 is 15.1 Å². The van der Waals surface area contributed by atoms with Gasteiger partial charge in [-0.1, -0.05) is 30.3 Å². The first kappa shape index (κ1) is 16.9. The van der Waals surface area contributed by atoms with Gasteiger partial charge in [0.1, 0.15) is 5.69 Å². The lowest BCUT2D eigenvalue weighted by Gasteiger charge is -2.35. The van der Waals surface area contributed by atoms with E-state index < -0.39 is 22.7 Å². The first-order chi connectivity index (χ1) is 13.4. The van der Waals surface area contributed by atoms with Crippen LogP contribution < -0.4 is 10.1 Å². The van der Waals surface area contributed by atoms with E-state index in [1.54, 1.807) is 19.1 Å². The molecule has 1 fully saturated rings. The van der Waals surface area contributed by atoms with Gasteiger partial charge in [-0.25, -0.2) is 14.9 Å². The number of para-hydroxylation sites is 3. The number of carbonyl (C=O) groups is 2. The Hall–Kier alpha value is -3.20. The van der Waals surface area contributed by atoms with E-state index in [9.17, 15) is 20.0 Å². The number of benzene rings is 2. The zero-order valence-electron chi connectivity index (χ0n) is 15.1. The molecule has 3 heterocycles. The van der Waals surface area contributed by atoms with E-state index >= 15 is 0 Å². The Bertz CT molecular complexity index is 1140. The minimum Gasteiger partial charge on any atom is -0.595 e. The molecule has 1 unspecified atom stereocenters. The number of anilines is 1. The molecule has 3 amide bonds. The Labute approximate surface area is 160 Å². The Morgan fingerprint density at radius 3 is 2.64 bits per heavy atom. The summed E-state index contributed by atoms with van der Waals surface area (Å²) < 4.78 is 0. The summed E-state index contributed by atoms with van der Waals surface area (Å²) in [5, 5.41) is 21.0. The Morgan fingerprint density at radius 1 is 1.14 bits per heavy atom. The number of amides is 3. The lowest BCUT2D eigenvalue weighted by molar-refractivity contribution is -0.990. The predicted molar refractivity (Wildman–Crippen MR) is 101 cm³/mol. The zero-order valence-corrected chi connectivity index (χ0v) is 15.1. The highest BCUT2D eigenvalue weighted by Crippen LogP contribution is 2.45. The highest BCUT2D eigenvalue weighted by atomic mass is 16.8. The summed E-state index contributed by atoms with van der Waals surface area (Å²) in [6.07, 6.45) is 0.627. The van der Waals surface area contributed by atoms with E-state index in [0.717, 1.165) is 21.4 Å². The van der Waals surface area contributed by atoms with Crippen LogP contribution in [-0.2, 0) is 16.8 Å². The molecule has 1 saturated heterocycles. The fourth-order valence-corrected chi connectivity index (χ4v) is 4.45. The van der Waals surface area contributed by atoms with Crippen molar-refractivity contribution in [3.8, 4) is 0 Å². The quantitative estimate of drug-likeness (QED) is 0.467. The second-order valence-electron chi connectivity index (χ2n) is 7.24. The number of quaternary nitrogens is 1. The molecule has 142 valence electrons. The minimum atomic E-state index is -1.20. The lowest BCUT2D eigenvalue weighted by Crippen LogP contribution is -2.99. The summed E-state index contributed by atoms with van der Waals surface area (Å²) in [5.74, 6) is -0.446. The first-order valence-corrected chi connectivity index (χ1v) is 9.03. The number of fused-ring (bicyclic) bond motifs is 5. The number of H-pyrrole nitrogens is 1. The van der Waals surface area contributed by atoms with Crippen LogP contribution in [0.25, 0.3) is 10.9 Å². The number of hydrogen-bond acceptors (Lipinski definition) is 4. The first-order valence-electron chi connectivity index (χ1n) is 9.03. The van der Waals surface area contributed by atoms with Crippen LogP contribution >= 0.6 is 0 Å². The monoisotopic (exact) mass is 378 g/mol. The van der Waals surface area contributed by atoms with E-state index in [-0.39, 0.29) is 11.4 Å². The number of nitrogens with zero attached hydrogens (tertiary/aromatic N) is 2. The molecule has 1 aromatic heterocycles. The standard InChI is InChI=1S/C20H18N4O4/c1-20-17-13(12-6-2-3-7-14(12)21-17)10-11-22(20)19(26)23(18(20)25)15-8-4-5-9-16(15)24(27)28/h2-9,21,24,27H,10-11H2,1H3/t20-/m0/s1. The number of aromatic amines is 1. The van der Waals surface area contributed by atoms with Crippen LogP contribution in [0.5, 0.6) is 0 Å². The molecule has 3 N–H and O–H groups in total. The largest absolute Gasteiger partial charge is 0.595 e.